The van der Waals surface area contributed by atoms with Crippen LogP contribution >= 0.6 is 0 Å². The standard InChI is InChI=1S/C12H15N3O2/c13-3-1-2-12-14-8-6-10-11(7-9(8)15-12)17-5-4-16-10/h6-7H,1-5,13H2,(H,14,15). The number of rotatable bonds is 3. The Hall–Kier alpha value is -1.75. The number of nitrogens with two attached hydrogens (primary N) is 1. The number of imidazole rings is 1. The summed E-state index contributed by atoms with van der Waals surface area (Å²) in [6, 6.07) is 3.87. The zero-order chi connectivity index (χ0) is 11.7. The molecule has 2 aromatic rings. The van der Waals surface area contributed by atoms with E-state index in [0.717, 1.165) is 41.2 Å². The number of aryl methyl sites for hydroxylation is 1. The highest BCUT2D eigenvalue weighted by atomic mass is 16.6. The maximum atomic E-state index is 5.53. The van der Waals surface area contributed by atoms with E-state index >= 15 is 0 Å². The Morgan fingerprint density at radius 3 is 2.76 bits per heavy atom. The molecule has 5 heteroatoms. The largest absolute Gasteiger partial charge is 0.486 e. The number of nitrogens with zero attached hydrogens (tertiary/aromatic N) is 1. The SMILES string of the molecule is NCCCc1nc2cc3c(cc2[nH]1)OCCO3. The molecule has 17 heavy (non-hydrogen) atoms. The van der Waals surface area contributed by atoms with Crippen molar-refractivity contribution in [1.82, 2.24) is 9.97 Å². The van der Waals surface area contributed by atoms with Gasteiger partial charge in [0.25, 0.3) is 0 Å². The quantitative estimate of drug-likeness (QED) is 0.836. The normalized spacial score (nSPS) is 14.2. The average Bonchev–Trinajstić information content (AvgIpc) is 2.75. The predicted octanol–water partition coefficient (Wildman–Crippen LogP) is 1.23. The molecule has 0 saturated heterocycles. The summed E-state index contributed by atoms with van der Waals surface area (Å²) in [5.41, 5.74) is 7.39. The van der Waals surface area contributed by atoms with Gasteiger partial charge in [0.05, 0.1) is 11.0 Å². The lowest BCUT2D eigenvalue weighted by molar-refractivity contribution is 0.172. The Kier molecular flexibility index (Phi) is 2.60. The van der Waals surface area contributed by atoms with Gasteiger partial charge in [-0.15, -0.1) is 0 Å². The van der Waals surface area contributed by atoms with Crippen LogP contribution in [0.4, 0.5) is 0 Å². The topological polar surface area (TPSA) is 73.2 Å². The molecule has 3 N–H and O–H groups in total. The van der Waals surface area contributed by atoms with Crippen molar-refractivity contribution in [2.75, 3.05) is 19.8 Å². The van der Waals surface area contributed by atoms with Crippen LogP contribution in [0.2, 0.25) is 0 Å². The highest BCUT2D eigenvalue weighted by molar-refractivity contribution is 5.79. The molecule has 1 aliphatic rings. The first-order chi connectivity index (χ1) is 8.36. The number of hydrogen-bond acceptors (Lipinski definition) is 4. The molecule has 0 radical (unpaired) electrons. The molecule has 5 nitrogen and oxygen atoms in total. The number of fused-ring (bicyclic) bond motifs is 2. The van der Waals surface area contributed by atoms with E-state index in [1.54, 1.807) is 0 Å². The van der Waals surface area contributed by atoms with Gasteiger partial charge in [-0.2, -0.15) is 0 Å². The summed E-state index contributed by atoms with van der Waals surface area (Å²) in [6.45, 7) is 1.88. The fourth-order valence-electron chi connectivity index (χ4n) is 1.99. The molecular weight excluding hydrogens is 218 g/mol. The van der Waals surface area contributed by atoms with E-state index in [2.05, 4.69) is 9.97 Å². The summed E-state index contributed by atoms with van der Waals surface area (Å²) in [4.78, 5) is 7.79. The number of ether oxygens (including phenoxy) is 2. The van der Waals surface area contributed by atoms with E-state index in [4.69, 9.17) is 15.2 Å². The Morgan fingerprint density at radius 1 is 1.24 bits per heavy atom. The number of aromatic nitrogens is 2. The van der Waals surface area contributed by atoms with Crippen LogP contribution in [-0.4, -0.2) is 29.7 Å². The van der Waals surface area contributed by atoms with Crippen LogP contribution in [0.5, 0.6) is 11.5 Å². The Morgan fingerprint density at radius 2 is 2.00 bits per heavy atom. The molecule has 90 valence electrons. The number of H-pyrrole nitrogens is 1. The van der Waals surface area contributed by atoms with Crippen LogP contribution in [0.15, 0.2) is 12.1 Å². The molecule has 0 unspecified atom stereocenters. The van der Waals surface area contributed by atoms with Gasteiger partial charge in [-0.25, -0.2) is 4.98 Å². The van der Waals surface area contributed by atoms with Gasteiger partial charge in [0, 0.05) is 18.6 Å². The van der Waals surface area contributed by atoms with Crippen molar-refractivity contribution in [1.29, 1.82) is 0 Å². The molecule has 2 heterocycles. The molecule has 0 bridgehead atoms. The summed E-state index contributed by atoms with van der Waals surface area (Å²) in [5, 5.41) is 0. The first-order valence-corrected chi connectivity index (χ1v) is 5.85. The van der Waals surface area contributed by atoms with Crippen LogP contribution in [0.1, 0.15) is 12.2 Å². The molecule has 0 aliphatic carbocycles. The lowest BCUT2D eigenvalue weighted by Gasteiger charge is -2.17. The molecule has 1 aliphatic heterocycles. The van der Waals surface area contributed by atoms with E-state index in [9.17, 15) is 0 Å². The molecular formula is C12H15N3O2. The Labute approximate surface area is 98.9 Å². The predicted molar refractivity (Wildman–Crippen MR) is 64.5 cm³/mol. The van der Waals surface area contributed by atoms with Crippen molar-refractivity contribution >= 4 is 11.0 Å². The summed E-state index contributed by atoms with van der Waals surface area (Å²) >= 11 is 0. The minimum absolute atomic E-state index is 0.600. The fraction of sp³-hybridized carbons (Fsp3) is 0.417. The molecule has 0 saturated carbocycles. The van der Waals surface area contributed by atoms with Crippen LogP contribution in [0.25, 0.3) is 11.0 Å². The van der Waals surface area contributed by atoms with E-state index in [1.807, 2.05) is 12.1 Å². The summed E-state index contributed by atoms with van der Waals surface area (Å²) in [7, 11) is 0. The number of aromatic amines is 1. The van der Waals surface area contributed by atoms with Gasteiger partial charge in [-0.3, -0.25) is 0 Å². The van der Waals surface area contributed by atoms with E-state index < -0.39 is 0 Å². The van der Waals surface area contributed by atoms with Gasteiger partial charge < -0.3 is 20.2 Å². The van der Waals surface area contributed by atoms with Crippen LogP contribution < -0.4 is 15.2 Å². The summed E-state index contributed by atoms with van der Waals surface area (Å²) < 4.78 is 11.1. The maximum absolute atomic E-state index is 5.53. The zero-order valence-corrected chi connectivity index (χ0v) is 9.53. The monoisotopic (exact) mass is 233 g/mol. The number of benzene rings is 1. The van der Waals surface area contributed by atoms with Crippen LogP contribution in [0, 0.1) is 0 Å². The van der Waals surface area contributed by atoms with E-state index in [-0.39, 0.29) is 0 Å². The highest BCUT2D eigenvalue weighted by Crippen LogP contribution is 2.33. The lowest BCUT2D eigenvalue weighted by atomic mass is 10.2. The van der Waals surface area contributed by atoms with Gasteiger partial charge in [-0.05, 0) is 13.0 Å². The molecule has 0 spiro atoms. The minimum atomic E-state index is 0.600. The third-order valence-corrected chi connectivity index (χ3v) is 2.81. The maximum Gasteiger partial charge on any atom is 0.163 e. The Bertz CT molecular complexity index is 493. The molecule has 0 amide bonds. The van der Waals surface area contributed by atoms with Crippen molar-refractivity contribution in [3.05, 3.63) is 18.0 Å². The molecule has 3 rings (SSSR count). The van der Waals surface area contributed by atoms with Crippen molar-refractivity contribution in [3.63, 3.8) is 0 Å². The van der Waals surface area contributed by atoms with Crippen molar-refractivity contribution < 1.29 is 9.47 Å². The van der Waals surface area contributed by atoms with Crippen molar-refractivity contribution in [2.24, 2.45) is 5.73 Å². The van der Waals surface area contributed by atoms with Crippen molar-refractivity contribution in [3.8, 4) is 11.5 Å². The van der Waals surface area contributed by atoms with Crippen molar-refractivity contribution in [2.45, 2.75) is 12.8 Å². The van der Waals surface area contributed by atoms with Gasteiger partial charge in [0.15, 0.2) is 11.5 Å². The molecule has 0 atom stereocenters. The number of hydrogen-bond donors (Lipinski definition) is 2. The van der Waals surface area contributed by atoms with Crippen LogP contribution in [-0.2, 0) is 6.42 Å². The fourth-order valence-corrected chi connectivity index (χ4v) is 1.99. The number of nitrogens with one attached hydrogen (secondary N) is 1. The molecule has 1 aromatic heterocycles. The van der Waals surface area contributed by atoms with Gasteiger partial charge >= 0.3 is 0 Å². The molecule has 1 aromatic carbocycles. The van der Waals surface area contributed by atoms with Gasteiger partial charge in [0.1, 0.15) is 19.0 Å². The third kappa shape index (κ3) is 1.93. The second-order valence-electron chi connectivity index (χ2n) is 4.09. The smallest absolute Gasteiger partial charge is 0.163 e. The van der Waals surface area contributed by atoms with Gasteiger partial charge in [0.2, 0.25) is 0 Å². The average molecular weight is 233 g/mol. The third-order valence-electron chi connectivity index (χ3n) is 2.81. The molecule has 0 fully saturated rings. The lowest BCUT2D eigenvalue weighted by Crippen LogP contribution is -2.15. The first kappa shape index (κ1) is 10.4. The Balaban J connectivity index is 1.98. The second kappa shape index (κ2) is 4.25. The first-order valence-electron chi connectivity index (χ1n) is 5.85. The van der Waals surface area contributed by atoms with Crippen LogP contribution in [0.3, 0.4) is 0 Å². The zero-order valence-electron chi connectivity index (χ0n) is 9.53. The van der Waals surface area contributed by atoms with Gasteiger partial charge in [-0.1, -0.05) is 0 Å². The van der Waals surface area contributed by atoms with E-state index in [0.29, 0.717) is 19.8 Å². The summed E-state index contributed by atoms with van der Waals surface area (Å²) in [5.74, 6) is 2.53. The minimum Gasteiger partial charge on any atom is -0.486 e. The van der Waals surface area contributed by atoms with E-state index in [1.165, 1.54) is 0 Å². The summed E-state index contributed by atoms with van der Waals surface area (Å²) in [6.07, 6.45) is 1.81. The highest BCUT2D eigenvalue weighted by Gasteiger charge is 2.14. The second-order valence-corrected chi connectivity index (χ2v) is 4.09.